The Bertz CT molecular complexity index is 419. The molecule has 0 aliphatic carbocycles. The molecule has 1 aliphatic rings. The van der Waals surface area contributed by atoms with E-state index in [9.17, 15) is 4.79 Å². The molecule has 98 valence electrons. The highest BCUT2D eigenvalue weighted by molar-refractivity contribution is 7.98. The fraction of sp³-hybridized carbons (Fsp3) is 0.533. The van der Waals surface area contributed by atoms with Gasteiger partial charge < -0.3 is 4.90 Å². The minimum absolute atomic E-state index is 0.214. The van der Waals surface area contributed by atoms with Crippen molar-refractivity contribution in [3.63, 3.8) is 0 Å². The van der Waals surface area contributed by atoms with Crippen LogP contribution in [-0.4, -0.2) is 29.6 Å². The molecule has 1 aromatic carbocycles. The van der Waals surface area contributed by atoms with Crippen molar-refractivity contribution in [1.82, 2.24) is 4.90 Å². The number of hydrogen-bond acceptors (Lipinski definition) is 2. The molecule has 0 aromatic heterocycles. The number of benzene rings is 1. The Balaban J connectivity index is 2.24. The Kier molecular flexibility index (Phi) is 4.70. The lowest BCUT2D eigenvalue weighted by Gasteiger charge is -2.35. The number of hydrogen-bond donors (Lipinski definition) is 0. The number of carbonyl (C=O) groups is 1. The molecule has 1 amide bonds. The van der Waals surface area contributed by atoms with Crippen molar-refractivity contribution in [2.45, 2.75) is 43.5 Å². The molecule has 1 heterocycles. The van der Waals surface area contributed by atoms with E-state index >= 15 is 0 Å². The van der Waals surface area contributed by atoms with Crippen LogP contribution in [0.1, 0.15) is 43.0 Å². The molecule has 0 bridgehead atoms. The van der Waals surface area contributed by atoms with Gasteiger partial charge in [-0.15, -0.1) is 11.8 Å². The van der Waals surface area contributed by atoms with Crippen LogP contribution in [0.2, 0.25) is 0 Å². The predicted octanol–water partition coefficient (Wildman–Crippen LogP) is 3.81. The van der Waals surface area contributed by atoms with Crippen molar-refractivity contribution in [1.29, 1.82) is 0 Å². The summed E-state index contributed by atoms with van der Waals surface area (Å²) in [5.74, 6) is 0.214. The third kappa shape index (κ3) is 2.72. The normalized spacial score (nSPS) is 19.9. The monoisotopic (exact) mass is 263 g/mol. The van der Waals surface area contributed by atoms with Gasteiger partial charge >= 0.3 is 0 Å². The van der Waals surface area contributed by atoms with Crippen molar-refractivity contribution in [2.24, 2.45) is 0 Å². The van der Waals surface area contributed by atoms with Crippen LogP contribution in [0.25, 0.3) is 0 Å². The number of amides is 1. The summed E-state index contributed by atoms with van der Waals surface area (Å²) in [6, 6.07) is 8.37. The van der Waals surface area contributed by atoms with Gasteiger partial charge in [0, 0.05) is 17.5 Å². The molecule has 2 rings (SSSR count). The summed E-state index contributed by atoms with van der Waals surface area (Å²) in [6.07, 6.45) is 6.65. The van der Waals surface area contributed by atoms with E-state index in [1.807, 2.05) is 30.5 Å². The van der Waals surface area contributed by atoms with E-state index in [1.54, 1.807) is 11.8 Å². The van der Waals surface area contributed by atoms with Crippen LogP contribution < -0.4 is 0 Å². The molecule has 1 fully saturated rings. The maximum atomic E-state index is 12.7. The van der Waals surface area contributed by atoms with E-state index in [-0.39, 0.29) is 5.91 Å². The molecule has 0 spiro atoms. The molecule has 3 heteroatoms. The van der Waals surface area contributed by atoms with Crippen LogP contribution in [0.3, 0.4) is 0 Å². The maximum Gasteiger partial charge on any atom is 0.255 e. The first kappa shape index (κ1) is 13.5. The van der Waals surface area contributed by atoms with E-state index in [0.717, 1.165) is 36.3 Å². The zero-order valence-electron chi connectivity index (χ0n) is 11.2. The average molecular weight is 263 g/mol. The Hall–Kier alpha value is -0.960. The van der Waals surface area contributed by atoms with E-state index < -0.39 is 0 Å². The van der Waals surface area contributed by atoms with E-state index in [1.165, 1.54) is 6.42 Å². The number of rotatable bonds is 3. The Morgan fingerprint density at radius 2 is 2.17 bits per heavy atom. The van der Waals surface area contributed by atoms with Crippen LogP contribution in [0, 0.1) is 0 Å². The van der Waals surface area contributed by atoms with Gasteiger partial charge in [-0.1, -0.05) is 19.1 Å². The number of carbonyl (C=O) groups excluding carboxylic acids is 1. The molecule has 1 atom stereocenters. The van der Waals surface area contributed by atoms with Crippen LogP contribution in [-0.2, 0) is 0 Å². The largest absolute Gasteiger partial charge is 0.336 e. The van der Waals surface area contributed by atoms with Gasteiger partial charge in [0.1, 0.15) is 0 Å². The molecule has 0 radical (unpaired) electrons. The molecule has 18 heavy (non-hydrogen) atoms. The summed E-state index contributed by atoms with van der Waals surface area (Å²) in [4.78, 5) is 15.8. The Morgan fingerprint density at radius 1 is 1.39 bits per heavy atom. The molecule has 1 aromatic rings. The summed E-state index contributed by atoms with van der Waals surface area (Å²) in [5.41, 5.74) is 0.866. The predicted molar refractivity (Wildman–Crippen MR) is 77.2 cm³/mol. The van der Waals surface area contributed by atoms with Gasteiger partial charge in [0.2, 0.25) is 0 Å². The van der Waals surface area contributed by atoms with Gasteiger partial charge in [-0.3, -0.25) is 4.79 Å². The van der Waals surface area contributed by atoms with E-state index in [4.69, 9.17) is 0 Å². The van der Waals surface area contributed by atoms with Gasteiger partial charge in [-0.05, 0) is 44.1 Å². The smallest absolute Gasteiger partial charge is 0.255 e. The van der Waals surface area contributed by atoms with Gasteiger partial charge in [-0.2, -0.15) is 0 Å². The van der Waals surface area contributed by atoms with Crippen LogP contribution in [0.4, 0.5) is 0 Å². The van der Waals surface area contributed by atoms with E-state index in [0.29, 0.717) is 6.04 Å². The maximum absolute atomic E-state index is 12.7. The molecule has 0 saturated carbocycles. The zero-order chi connectivity index (χ0) is 13.0. The molecular weight excluding hydrogens is 242 g/mol. The highest BCUT2D eigenvalue weighted by Crippen LogP contribution is 2.26. The number of nitrogens with zero attached hydrogens (tertiary/aromatic N) is 1. The highest BCUT2D eigenvalue weighted by atomic mass is 32.2. The van der Waals surface area contributed by atoms with Crippen molar-refractivity contribution in [3.05, 3.63) is 29.8 Å². The van der Waals surface area contributed by atoms with Crippen molar-refractivity contribution >= 4 is 17.7 Å². The summed E-state index contributed by atoms with van der Waals surface area (Å²) in [5, 5.41) is 0. The number of thioether (sulfide) groups is 1. The van der Waals surface area contributed by atoms with Crippen molar-refractivity contribution in [2.75, 3.05) is 12.8 Å². The van der Waals surface area contributed by atoms with Crippen LogP contribution in [0.15, 0.2) is 29.2 Å². The summed E-state index contributed by atoms with van der Waals surface area (Å²) < 4.78 is 0. The van der Waals surface area contributed by atoms with Gasteiger partial charge in [0.15, 0.2) is 0 Å². The van der Waals surface area contributed by atoms with Gasteiger partial charge in [-0.25, -0.2) is 0 Å². The fourth-order valence-electron chi connectivity index (χ4n) is 2.67. The quantitative estimate of drug-likeness (QED) is 0.773. The van der Waals surface area contributed by atoms with Crippen molar-refractivity contribution < 1.29 is 4.79 Å². The standard InChI is InChI=1S/C15H21NOS/c1-3-12-8-6-7-11-16(12)15(17)13-9-4-5-10-14(13)18-2/h4-5,9-10,12H,3,6-8,11H2,1-2H3. The molecule has 2 nitrogen and oxygen atoms in total. The Morgan fingerprint density at radius 3 is 2.89 bits per heavy atom. The lowest BCUT2D eigenvalue weighted by molar-refractivity contribution is 0.0604. The molecule has 1 unspecified atom stereocenters. The average Bonchev–Trinajstić information content (AvgIpc) is 2.46. The summed E-state index contributed by atoms with van der Waals surface area (Å²) in [6.45, 7) is 3.09. The lowest BCUT2D eigenvalue weighted by atomic mass is 9.99. The molecular formula is C15H21NOS. The first-order valence-corrected chi connectivity index (χ1v) is 7.94. The number of piperidine rings is 1. The minimum atomic E-state index is 0.214. The van der Waals surface area contributed by atoms with Crippen molar-refractivity contribution in [3.8, 4) is 0 Å². The van der Waals surface area contributed by atoms with Crippen LogP contribution >= 0.6 is 11.8 Å². The highest BCUT2D eigenvalue weighted by Gasteiger charge is 2.27. The third-order valence-corrected chi connectivity index (χ3v) is 4.49. The summed E-state index contributed by atoms with van der Waals surface area (Å²) >= 11 is 1.65. The SMILES string of the molecule is CCC1CCCCN1C(=O)c1ccccc1SC. The molecule has 0 N–H and O–H groups in total. The zero-order valence-corrected chi connectivity index (χ0v) is 12.0. The minimum Gasteiger partial charge on any atom is -0.336 e. The first-order chi connectivity index (χ1) is 8.77. The van der Waals surface area contributed by atoms with Gasteiger partial charge in [0.25, 0.3) is 5.91 Å². The summed E-state index contributed by atoms with van der Waals surface area (Å²) in [7, 11) is 0. The molecule has 1 saturated heterocycles. The second-order valence-electron chi connectivity index (χ2n) is 4.76. The first-order valence-electron chi connectivity index (χ1n) is 6.72. The lowest BCUT2D eigenvalue weighted by Crippen LogP contribution is -2.43. The van der Waals surface area contributed by atoms with E-state index in [2.05, 4.69) is 11.8 Å². The topological polar surface area (TPSA) is 20.3 Å². The van der Waals surface area contributed by atoms with Gasteiger partial charge in [0.05, 0.1) is 5.56 Å². The Labute approximate surface area is 114 Å². The molecule has 1 aliphatic heterocycles. The fourth-order valence-corrected chi connectivity index (χ4v) is 3.26. The van der Waals surface area contributed by atoms with Crippen LogP contribution in [0.5, 0.6) is 0 Å². The second-order valence-corrected chi connectivity index (χ2v) is 5.60. The number of likely N-dealkylation sites (tertiary alicyclic amines) is 1. The second kappa shape index (κ2) is 6.28. The third-order valence-electron chi connectivity index (χ3n) is 3.70.